The Hall–Kier alpha value is -2.41. The van der Waals surface area contributed by atoms with Crippen LogP contribution in [0.4, 0.5) is 10.3 Å². The van der Waals surface area contributed by atoms with Crippen molar-refractivity contribution in [2.45, 2.75) is 33.2 Å². The van der Waals surface area contributed by atoms with Gasteiger partial charge in [-0.2, -0.15) is 0 Å². The standard InChI is InChI=1S/C22H28FN3O3/c1-15(2)21(27)26(13-16-3-4-16)14-19-20(17-5-7-18(23)8-6-17)24-29-22(19)25-9-11-28-12-10-25/h5-8,15-16H,3-4,9-14H2,1-2H3. The van der Waals surface area contributed by atoms with E-state index in [1.165, 1.54) is 25.0 Å². The topological polar surface area (TPSA) is 58.8 Å². The van der Waals surface area contributed by atoms with Crippen molar-refractivity contribution >= 4 is 11.8 Å². The number of hydrogen-bond acceptors (Lipinski definition) is 5. The number of nitrogens with zero attached hydrogens (tertiary/aromatic N) is 3. The molecule has 2 aliphatic rings. The van der Waals surface area contributed by atoms with Gasteiger partial charge in [0.25, 0.3) is 0 Å². The quantitative estimate of drug-likeness (QED) is 0.708. The molecular weight excluding hydrogens is 373 g/mol. The first kappa shape index (κ1) is 19.9. The minimum Gasteiger partial charge on any atom is -0.378 e. The fourth-order valence-corrected chi connectivity index (χ4v) is 3.69. The maximum absolute atomic E-state index is 13.4. The molecule has 156 valence electrons. The summed E-state index contributed by atoms with van der Waals surface area (Å²) in [5, 5.41) is 4.33. The van der Waals surface area contributed by atoms with Gasteiger partial charge < -0.3 is 19.1 Å². The molecule has 6 nitrogen and oxygen atoms in total. The summed E-state index contributed by atoms with van der Waals surface area (Å²) in [5.41, 5.74) is 2.34. The van der Waals surface area contributed by atoms with Crippen molar-refractivity contribution in [2.24, 2.45) is 11.8 Å². The molecule has 2 aromatic rings. The van der Waals surface area contributed by atoms with Crippen molar-refractivity contribution in [1.29, 1.82) is 0 Å². The number of rotatable bonds is 7. The van der Waals surface area contributed by atoms with Crippen molar-refractivity contribution in [1.82, 2.24) is 10.1 Å². The van der Waals surface area contributed by atoms with Crippen LogP contribution in [0.25, 0.3) is 11.3 Å². The Morgan fingerprint density at radius 2 is 1.93 bits per heavy atom. The highest BCUT2D eigenvalue weighted by molar-refractivity contribution is 5.79. The van der Waals surface area contributed by atoms with Gasteiger partial charge in [-0.25, -0.2) is 4.39 Å². The van der Waals surface area contributed by atoms with E-state index in [1.54, 1.807) is 12.1 Å². The SMILES string of the molecule is CC(C)C(=O)N(Cc1c(-c2ccc(F)cc2)noc1N1CCOCC1)CC1CC1. The van der Waals surface area contributed by atoms with Crippen LogP contribution < -0.4 is 4.90 Å². The molecule has 7 heteroatoms. The summed E-state index contributed by atoms with van der Waals surface area (Å²) >= 11 is 0. The third-order valence-corrected chi connectivity index (χ3v) is 5.51. The lowest BCUT2D eigenvalue weighted by Crippen LogP contribution is -2.38. The van der Waals surface area contributed by atoms with Crippen LogP contribution in [-0.2, 0) is 16.1 Å². The minimum absolute atomic E-state index is 0.0743. The van der Waals surface area contributed by atoms with Crippen molar-refractivity contribution in [3.63, 3.8) is 0 Å². The molecule has 1 saturated carbocycles. The van der Waals surface area contributed by atoms with Crippen molar-refractivity contribution in [3.8, 4) is 11.3 Å². The molecule has 1 aromatic carbocycles. The van der Waals surface area contributed by atoms with E-state index >= 15 is 0 Å². The van der Waals surface area contributed by atoms with Gasteiger partial charge in [-0.3, -0.25) is 4.79 Å². The van der Waals surface area contributed by atoms with E-state index < -0.39 is 0 Å². The fraction of sp³-hybridized carbons (Fsp3) is 0.545. The van der Waals surface area contributed by atoms with E-state index in [0.717, 1.165) is 17.7 Å². The zero-order valence-corrected chi connectivity index (χ0v) is 17.1. The largest absolute Gasteiger partial charge is 0.378 e. The van der Waals surface area contributed by atoms with Crippen LogP contribution in [0.1, 0.15) is 32.3 Å². The van der Waals surface area contributed by atoms with E-state index in [1.807, 2.05) is 18.7 Å². The molecule has 2 fully saturated rings. The first-order valence-electron chi connectivity index (χ1n) is 10.4. The summed E-state index contributed by atoms with van der Waals surface area (Å²) < 4.78 is 24.7. The lowest BCUT2D eigenvalue weighted by Gasteiger charge is -2.29. The van der Waals surface area contributed by atoms with Gasteiger partial charge >= 0.3 is 0 Å². The van der Waals surface area contributed by atoms with Crippen LogP contribution in [-0.4, -0.2) is 48.8 Å². The van der Waals surface area contributed by atoms with E-state index in [0.29, 0.717) is 50.3 Å². The number of carbonyl (C=O) groups is 1. The van der Waals surface area contributed by atoms with Gasteiger partial charge in [-0.05, 0) is 43.0 Å². The van der Waals surface area contributed by atoms with E-state index in [4.69, 9.17) is 9.26 Å². The van der Waals surface area contributed by atoms with Crippen LogP contribution in [0.5, 0.6) is 0 Å². The molecule has 2 heterocycles. The van der Waals surface area contributed by atoms with Gasteiger partial charge in [0, 0.05) is 31.1 Å². The number of halogens is 1. The summed E-state index contributed by atoms with van der Waals surface area (Å²) in [4.78, 5) is 17.0. The van der Waals surface area contributed by atoms with E-state index in [2.05, 4.69) is 10.1 Å². The Bertz CT molecular complexity index is 839. The molecule has 1 aromatic heterocycles. The summed E-state index contributed by atoms with van der Waals surface area (Å²) in [6, 6.07) is 6.25. The van der Waals surface area contributed by atoms with Gasteiger partial charge in [0.15, 0.2) is 0 Å². The number of anilines is 1. The summed E-state index contributed by atoms with van der Waals surface area (Å²) in [7, 11) is 0. The zero-order chi connectivity index (χ0) is 20.4. The Balaban J connectivity index is 1.69. The Kier molecular flexibility index (Phi) is 5.85. The van der Waals surface area contributed by atoms with Gasteiger partial charge in [0.05, 0.1) is 25.3 Å². The third-order valence-electron chi connectivity index (χ3n) is 5.51. The number of ether oxygens (including phenoxy) is 1. The summed E-state index contributed by atoms with van der Waals surface area (Å²) in [6.07, 6.45) is 2.35. The van der Waals surface area contributed by atoms with Crippen molar-refractivity contribution in [3.05, 3.63) is 35.6 Å². The Morgan fingerprint density at radius 3 is 2.55 bits per heavy atom. The highest BCUT2D eigenvalue weighted by Gasteiger charge is 2.31. The number of morpholine rings is 1. The number of hydrogen-bond donors (Lipinski definition) is 0. The molecule has 0 atom stereocenters. The van der Waals surface area contributed by atoms with Crippen LogP contribution in [0, 0.1) is 17.7 Å². The fourth-order valence-electron chi connectivity index (χ4n) is 3.69. The third kappa shape index (κ3) is 4.61. The average Bonchev–Trinajstić information content (AvgIpc) is 3.45. The molecule has 1 aliphatic heterocycles. The molecule has 1 saturated heterocycles. The number of aromatic nitrogens is 1. The molecule has 0 radical (unpaired) electrons. The predicted octanol–water partition coefficient (Wildman–Crippen LogP) is 3.71. The summed E-state index contributed by atoms with van der Waals surface area (Å²) in [6.45, 7) is 7.74. The second-order valence-corrected chi connectivity index (χ2v) is 8.24. The molecule has 29 heavy (non-hydrogen) atoms. The molecule has 1 aliphatic carbocycles. The number of carbonyl (C=O) groups excluding carboxylic acids is 1. The maximum atomic E-state index is 13.4. The molecular formula is C22H28FN3O3. The predicted molar refractivity (Wildman–Crippen MR) is 108 cm³/mol. The Labute approximate surface area is 170 Å². The van der Waals surface area contributed by atoms with Crippen LogP contribution in [0.3, 0.4) is 0 Å². The van der Waals surface area contributed by atoms with Crippen LogP contribution >= 0.6 is 0 Å². The molecule has 0 spiro atoms. The second kappa shape index (κ2) is 8.53. The zero-order valence-electron chi connectivity index (χ0n) is 17.1. The van der Waals surface area contributed by atoms with Crippen LogP contribution in [0.15, 0.2) is 28.8 Å². The van der Waals surface area contributed by atoms with Crippen molar-refractivity contribution in [2.75, 3.05) is 37.7 Å². The maximum Gasteiger partial charge on any atom is 0.233 e. The highest BCUT2D eigenvalue weighted by Crippen LogP contribution is 2.35. The normalized spacial score (nSPS) is 17.0. The van der Waals surface area contributed by atoms with Gasteiger partial charge in [-0.15, -0.1) is 0 Å². The molecule has 0 N–H and O–H groups in total. The second-order valence-electron chi connectivity index (χ2n) is 8.24. The van der Waals surface area contributed by atoms with E-state index in [-0.39, 0.29) is 17.6 Å². The van der Waals surface area contributed by atoms with Crippen molar-refractivity contribution < 1.29 is 18.4 Å². The number of amides is 1. The molecule has 0 unspecified atom stereocenters. The monoisotopic (exact) mass is 401 g/mol. The average molecular weight is 401 g/mol. The lowest BCUT2D eigenvalue weighted by molar-refractivity contribution is -0.135. The van der Waals surface area contributed by atoms with Crippen LogP contribution in [0.2, 0.25) is 0 Å². The Morgan fingerprint density at radius 1 is 1.24 bits per heavy atom. The lowest BCUT2D eigenvalue weighted by atomic mass is 10.1. The first-order valence-corrected chi connectivity index (χ1v) is 10.4. The van der Waals surface area contributed by atoms with Gasteiger partial charge in [0.1, 0.15) is 11.5 Å². The molecule has 1 amide bonds. The van der Waals surface area contributed by atoms with Gasteiger partial charge in [0.2, 0.25) is 11.8 Å². The molecule has 0 bridgehead atoms. The molecule has 4 rings (SSSR count). The summed E-state index contributed by atoms with van der Waals surface area (Å²) in [5.74, 6) is 1.03. The van der Waals surface area contributed by atoms with E-state index in [9.17, 15) is 9.18 Å². The van der Waals surface area contributed by atoms with Gasteiger partial charge in [-0.1, -0.05) is 19.0 Å². The number of benzene rings is 1. The highest BCUT2D eigenvalue weighted by atomic mass is 19.1. The first-order chi connectivity index (χ1) is 14.0. The minimum atomic E-state index is -0.294. The smallest absolute Gasteiger partial charge is 0.233 e.